The summed E-state index contributed by atoms with van der Waals surface area (Å²) in [6, 6.07) is 6.17. The van der Waals surface area contributed by atoms with Crippen molar-refractivity contribution in [2.75, 3.05) is 0 Å². The first-order valence-corrected chi connectivity index (χ1v) is 5.72. The molecule has 1 atom stereocenters. The molecular formula is C11H8ClF2NS. The second-order valence-electron chi connectivity index (χ2n) is 3.32. The first-order valence-electron chi connectivity index (χ1n) is 4.53. The molecule has 0 bridgehead atoms. The van der Waals surface area contributed by atoms with Gasteiger partial charge in [0.2, 0.25) is 0 Å². The summed E-state index contributed by atoms with van der Waals surface area (Å²) in [5.74, 6) is -1.26. The van der Waals surface area contributed by atoms with E-state index in [-0.39, 0.29) is 0 Å². The van der Waals surface area contributed by atoms with Crippen LogP contribution in [0, 0.1) is 11.6 Å². The highest BCUT2D eigenvalue weighted by Gasteiger charge is 2.13. The Labute approximate surface area is 100 Å². The van der Waals surface area contributed by atoms with E-state index in [1.54, 1.807) is 12.1 Å². The zero-order chi connectivity index (χ0) is 11.7. The van der Waals surface area contributed by atoms with E-state index in [0.717, 1.165) is 10.9 Å². The molecule has 84 valence electrons. The smallest absolute Gasteiger partial charge is 0.126 e. The van der Waals surface area contributed by atoms with Crippen molar-refractivity contribution in [3.05, 3.63) is 56.7 Å². The lowest BCUT2D eigenvalue weighted by Gasteiger charge is -2.10. The van der Waals surface area contributed by atoms with Crippen LogP contribution in [-0.4, -0.2) is 0 Å². The third-order valence-corrected chi connectivity index (χ3v) is 3.46. The maximum atomic E-state index is 13.0. The lowest BCUT2D eigenvalue weighted by Crippen LogP contribution is -2.10. The normalized spacial score (nSPS) is 12.8. The summed E-state index contributed by atoms with van der Waals surface area (Å²) in [5, 5.41) is 0. The summed E-state index contributed by atoms with van der Waals surface area (Å²) in [6.45, 7) is 0. The van der Waals surface area contributed by atoms with E-state index < -0.39 is 17.7 Å². The van der Waals surface area contributed by atoms with Crippen LogP contribution in [0.15, 0.2) is 30.3 Å². The average Bonchev–Trinajstić information content (AvgIpc) is 2.62. The van der Waals surface area contributed by atoms with E-state index in [9.17, 15) is 8.78 Å². The molecule has 1 aromatic heterocycles. The van der Waals surface area contributed by atoms with Crippen molar-refractivity contribution < 1.29 is 8.78 Å². The number of rotatable bonds is 2. The summed E-state index contributed by atoms with van der Waals surface area (Å²) in [4.78, 5) is 0.773. The molecule has 0 saturated heterocycles. The molecule has 0 amide bonds. The highest BCUT2D eigenvalue weighted by Crippen LogP contribution is 2.29. The monoisotopic (exact) mass is 259 g/mol. The van der Waals surface area contributed by atoms with Crippen LogP contribution in [0.25, 0.3) is 0 Å². The van der Waals surface area contributed by atoms with E-state index in [4.69, 9.17) is 17.3 Å². The number of hydrogen-bond acceptors (Lipinski definition) is 2. The van der Waals surface area contributed by atoms with Gasteiger partial charge in [-0.2, -0.15) is 0 Å². The molecule has 2 aromatic rings. The molecule has 0 aliphatic heterocycles. The van der Waals surface area contributed by atoms with E-state index in [2.05, 4.69) is 0 Å². The first kappa shape index (κ1) is 11.5. The van der Waals surface area contributed by atoms with E-state index in [1.807, 2.05) is 0 Å². The lowest BCUT2D eigenvalue weighted by atomic mass is 10.1. The molecule has 16 heavy (non-hydrogen) atoms. The predicted octanol–water partition coefficient (Wildman–Crippen LogP) is 3.73. The average molecular weight is 260 g/mol. The van der Waals surface area contributed by atoms with Crippen LogP contribution in [0.5, 0.6) is 0 Å². The summed E-state index contributed by atoms with van der Waals surface area (Å²) in [5.41, 5.74) is 6.28. The number of nitrogens with two attached hydrogens (primary N) is 1. The Morgan fingerprint density at radius 3 is 2.25 bits per heavy atom. The Hall–Kier alpha value is -0.970. The van der Waals surface area contributed by atoms with Gasteiger partial charge in [0.15, 0.2) is 0 Å². The van der Waals surface area contributed by atoms with E-state index >= 15 is 0 Å². The molecule has 1 unspecified atom stereocenters. The molecule has 2 rings (SSSR count). The fourth-order valence-electron chi connectivity index (χ4n) is 1.41. The van der Waals surface area contributed by atoms with Crippen LogP contribution in [0.2, 0.25) is 4.34 Å². The van der Waals surface area contributed by atoms with Crippen LogP contribution in [0.4, 0.5) is 8.78 Å². The molecular weight excluding hydrogens is 252 g/mol. The van der Waals surface area contributed by atoms with Gasteiger partial charge in [-0.05, 0) is 29.8 Å². The molecule has 2 N–H and O–H groups in total. The predicted molar refractivity (Wildman–Crippen MR) is 61.7 cm³/mol. The molecule has 0 fully saturated rings. The van der Waals surface area contributed by atoms with E-state index in [1.165, 1.54) is 23.5 Å². The Morgan fingerprint density at radius 1 is 1.12 bits per heavy atom. The zero-order valence-corrected chi connectivity index (χ0v) is 9.66. The summed E-state index contributed by atoms with van der Waals surface area (Å²) in [7, 11) is 0. The standard InChI is InChI=1S/C11H8ClF2NS/c12-10-2-1-9(16-10)11(15)6-3-7(13)5-8(14)4-6/h1-5,11H,15H2. The van der Waals surface area contributed by atoms with Crippen LogP contribution >= 0.6 is 22.9 Å². The Bertz CT molecular complexity index is 492. The molecule has 1 aromatic carbocycles. The lowest BCUT2D eigenvalue weighted by molar-refractivity contribution is 0.577. The Morgan fingerprint density at radius 2 is 1.75 bits per heavy atom. The van der Waals surface area contributed by atoms with Gasteiger partial charge < -0.3 is 5.73 Å². The zero-order valence-electron chi connectivity index (χ0n) is 8.08. The molecule has 0 spiro atoms. The van der Waals surface area contributed by atoms with Crippen LogP contribution in [0.1, 0.15) is 16.5 Å². The molecule has 5 heteroatoms. The summed E-state index contributed by atoms with van der Waals surface area (Å²) in [6.07, 6.45) is 0. The van der Waals surface area contributed by atoms with Gasteiger partial charge in [-0.15, -0.1) is 11.3 Å². The van der Waals surface area contributed by atoms with Gasteiger partial charge in [0.05, 0.1) is 10.4 Å². The van der Waals surface area contributed by atoms with Gasteiger partial charge in [0, 0.05) is 10.9 Å². The molecule has 0 radical (unpaired) electrons. The van der Waals surface area contributed by atoms with Gasteiger partial charge >= 0.3 is 0 Å². The SMILES string of the molecule is NC(c1cc(F)cc(F)c1)c1ccc(Cl)s1. The minimum Gasteiger partial charge on any atom is -0.320 e. The van der Waals surface area contributed by atoms with Gasteiger partial charge in [0.25, 0.3) is 0 Å². The van der Waals surface area contributed by atoms with Crippen LogP contribution in [0.3, 0.4) is 0 Å². The van der Waals surface area contributed by atoms with Gasteiger partial charge in [0.1, 0.15) is 11.6 Å². The molecule has 1 heterocycles. The molecule has 0 saturated carbocycles. The van der Waals surface area contributed by atoms with Crippen molar-refractivity contribution in [1.82, 2.24) is 0 Å². The second kappa shape index (κ2) is 4.49. The van der Waals surface area contributed by atoms with Crippen LogP contribution < -0.4 is 5.73 Å². The number of benzene rings is 1. The van der Waals surface area contributed by atoms with Crippen molar-refractivity contribution in [3.8, 4) is 0 Å². The van der Waals surface area contributed by atoms with Crippen molar-refractivity contribution >= 4 is 22.9 Å². The quantitative estimate of drug-likeness (QED) is 0.874. The molecule has 0 aliphatic rings. The largest absolute Gasteiger partial charge is 0.320 e. The third-order valence-electron chi connectivity index (χ3n) is 2.14. The highest BCUT2D eigenvalue weighted by atomic mass is 35.5. The fourth-order valence-corrected chi connectivity index (χ4v) is 2.51. The fraction of sp³-hybridized carbons (Fsp3) is 0.0909. The third kappa shape index (κ3) is 2.40. The highest BCUT2D eigenvalue weighted by molar-refractivity contribution is 7.16. The van der Waals surface area contributed by atoms with Crippen LogP contribution in [-0.2, 0) is 0 Å². The van der Waals surface area contributed by atoms with E-state index in [0.29, 0.717) is 9.90 Å². The maximum absolute atomic E-state index is 13.0. The summed E-state index contributed by atoms with van der Waals surface area (Å²) < 4.78 is 26.6. The van der Waals surface area contributed by atoms with Gasteiger partial charge in [-0.3, -0.25) is 0 Å². The molecule has 0 aliphatic carbocycles. The Balaban J connectivity index is 2.37. The first-order chi connectivity index (χ1) is 7.56. The van der Waals surface area contributed by atoms with Gasteiger partial charge in [-0.1, -0.05) is 11.6 Å². The summed E-state index contributed by atoms with van der Waals surface area (Å²) >= 11 is 7.07. The molecule has 1 nitrogen and oxygen atoms in total. The number of thiophene rings is 1. The van der Waals surface area contributed by atoms with Gasteiger partial charge in [-0.25, -0.2) is 8.78 Å². The second-order valence-corrected chi connectivity index (χ2v) is 5.07. The Kier molecular flexibility index (Phi) is 3.23. The number of hydrogen-bond donors (Lipinski definition) is 1. The minimum absolute atomic E-state index is 0.399. The van der Waals surface area contributed by atoms with Crippen molar-refractivity contribution in [2.45, 2.75) is 6.04 Å². The van der Waals surface area contributed by atoms with Crippen molar-refractivity contribution in [1.29, 1.82) is 0 Å². The maximum Gasteiger partial charge on any atom is 0.126 e. The van der Waals surface area contributed by atoms with Crippen molar-refractivity contribution in [3.63, 3.8) is 0 Å². The minimum atomic E-state index is -0.631. The van der Waals surface area contributed by atoms with Crippen molar-refractivity contribution in [2.24, 2.45) is 5.73 Å². The topological polar surface area (TPSA) is 26.0 Å². The number of halogens is 3.